The highest BCUT2D eigenvalue weighted by Gasteiger charge is 2.29. The van der Waals surface area contributed by atoms with Crippen LogP contribution in [-0.4, -0.2) is 31.5 Å². The van der Waals surface area contributed by atoms with E-state index < -0.39 is 0 Å². The van der Waals surface area contributed by atoms with Gasteiger partial charge in [-0.15, -0.1) is 5.10 Å². The average molecular weight is 241 g/mol. The van der Waals surface area contributed by atoms with E-state index in [1.54, 1.807) is 16.4 Å². The topological polar surface area (TPSA) is 69.6 Å². The van der Waals surface area contributed by atoms with E-state index >= 15 is 0 Å². The summed E-state index contributed by atoms with van der Waals surface area (Å²) in [6.45, 7) is 2.26. The van der Waals surface area contributed by atoms with Crippen molar-refractivity contribution >= 4 is 11.8 Å². The first-order chi connectivity index (χ1) is 7.70. The second-order valence-electron chi connectivity index (χ2n) is 4.49. The van der Waals surface area contributed by atoms with Crippen LogP contribution in [0.25, 0.3) is 0 Å². The van der Waals surface area contributed by atoms with Gasteiger partial charge in [-0.1, -0.05) is 25.1 Å². The van der Waals surface area contributed by atoms with Gasteiger partial charge in [0.2, 0.25) is 5.16 Å². The molecular formula is C10H19N5S. The van der Waals surface area contributed by atoms with Gasteiger partial charge >= 0.3 is 0 Å². The lowest BCUT2D eigenvalue weighted by Gasteiger charge is -2.32. The molecule has 1 fully saturated rings. The molecule has 90 valence electrons. The van der Waals surface area contributed by atoms with Crippen LogP contribution in [0.3, 0.4) is 0 Å². The summed E-state index contributed by atoms with van der Waals surface area (Å²) in [5.41, 5.74) is 6.16. The molecule has 3 unspecified atom stereocenters. The zero-order chi connectivity index (χ0) is 11.5. The van der Waals surface area contributed by atoms with Crippen molar-refractivity contribution in [2.75, 3.05) is 0 Å². The molecule has 3 atom stereocenters. The molecule has 5 nitrogen and oxygen atoms in total. The molecule has 0 saturated heterocycles. The van der Waals surface area contributed by atoms with Gasteiger partial charge in [0.15, 0.2) is 0 Å². The van der Waals surface area contributed by atoms with E-state index in [0.29, 0.717) is 5.25 Å². The van der Waals surface area contributed by atoms with Gasteiger partial charge in [-0.25, -0.2) is 4.68 Å². The zero-order valence-electron chi connectivity index (χ0n) is 9.83. The van der Waals surface area contributed by atoms with Crippen LogP contribution in [0.15, 0.2) is 5.16 Å². The van der Waals surface area contributed by atoms with E-state index in [9.17, 15) is 0 Å². The summed E-state index contributed by atoms with van der Waals surface area (Å²) in [6, 6.07) is 0.282. The summed E-state index contributed by atoms with van der Waals surface area (Å²) in [5.74, 6) is 0.818. The predicted octanol–water partition coefficient (Wildman–Crippen LogP) is 1.21. The van der Waals surface area contributed by atoms with Crippen LogP contribution in [0.4, 0.5) is 0 Å². The van der Waals surface area contributed by atoms with Crippen LogP contribution in [0.5, 0.6) is 0 Å². The predicted molar refractivity (Wildman–Crippen MR) is 64.1 cm³/mol. The first kappa shape index (κ1) is 11.9. The smallest absolute Gasteiger partial charge is 0.209 e. The summed E-state index contributed by atoms with van der Waals surface area (Å²) < 4.78 is 1.72. The van der Waals surface area contributed by atoms with Crippen molar-refractivity contribution in [1.29, 1.82) is 0 Å². The third-order valence-electron chi connectivity index (χ3n) is 3.37. The monoisotopic (exact) mass is 241 g/mol. The Labute approximate surface area is 100 Å². The highest BCUT2D eigenvalue weighted by atomic mass is 32.2. The molecule has 1 aromatic heterocycles. The number of aromatic nitrogens is 4. The first-order valence-electron chi connectivity index (χ1n) is 5.85. The van der Waals surface area contributed by atoms with E-state index in [2.05, 4.69) is 22.4 Å². The minimum atomic E-state index is 0.282. The number of nitrogens with two attached hydrogens (primary N) is 1. The molecule has 16 heavy (non-hydrogen) atoms. The number of aryl methyl sites for hydroxylation is 1. The summed E-state index contributed by atoms with van der Waals surface area (Å²) >= 11 is 1.73. The maximum absolute atomic E-state index is 6.16. The Bertz CT molecular complexity index is 340. The van der Waals surface area contributed by atoms with Gasteiger partial charge in [0.1, 0.15) is 0 Å². The average Bonchev–Trinajstić information content (AvgIpc) is 2.68. The number of hydrogen-bond donors (Lipinski definition) is 1. The fourth-order valence-corrected chi connectivity index (χ4v) is 3.42. The van der Waals surface area contributed by atoms with Crippen LogP contribution in [0.2, 0.25) is 0 Å². The Morgan fingerprint density at radius 3 is 2.94 bits per heavy atom. The molecule has 1 heterocycles. The minimum Gasteiger partial charge on any atom is -0.327 e. The van der Waals surface area contributed by atoms with Gasteiger partial charge in [-0.05, 0) is 35.6 Å². The lowest BCUT2D eigenvalue weighted by Crippen LogP contribution is -2.38. The Hall–Kier alpha value is -0.620. The third-order valence-corrected chi connectivity index (χ3v) is 4.77. The van der Waals surface area contributed by atoms with E-state index in [4.69, 9.17) is 5.73 Å². The quantitative estimate of drug-likeness (QED) is 0.861. The number of hydrogen-bond acceptors (Lipinski definition) is 5. The number of tetrazole rings is 1. The summed E-state index contributed by atoms with van der Waals surface area (Å²) in [4.78, 5) is 0. The highest BCUT2D eigenvalue weighted by Crippen LogP contribution is 2.35. The first-order valence-corrected chi connectivity index (χ1v) is 6.73. The molecule has 1 saturated carbocycles. The molecule has 0 radical (unpaired) electrons. The molecule has 0 aromatic carbocycles. The molecule has 1 aliphatic rings. The normalized spacial score (nSPS) is 30.6. The number of rotatable bonds is 3. The standard InChI is InChI=1S/C10H19N5S/c1-3-7-4-5-8(11)9(6-7)16-10-12-13-14-15(10)2/h7-9H,3-6,11H2,1-2H3. The van der Waals surface area contributed by atoms with Gasteiger partial charge in [0.25, 0.3) is 0 Å². The lowest BCUT2D eigenvalue weighted by atomic mass is 9.84. The molecule has 2 N–H and O–H groups in total. The van der Waals surface area contributed by atoms with Crippen LogP contribution in [-0.2, 0) is 7.05 Å². The van der Waals surface area contributed by atoms with Crippen LogP contribution in [0, 0.1) is 5.92 Å². The second-order valence-corrected chi connectivity index (χ2v) is 5.70. The van der Waals surface area contributed by atoms with Crippen LogP contribution in [0.1, 0.15) is 32.6 Å². The fraction of sp³-hybridized carbons (Fsp3) is 0.900. The van der Waals surface area contributed by atoms with E-state index in [1.165, 1.54) is 19.3 Å². The molecule has 0 spiro atoms. The largest absolute Gasteiger partial charge is 0.327 e. The highest BCUT2D eigenvalue weighted by molar-refractivity contribution is 7.99. The van der Waals surface area contributed by atoms with Crippen molar-refractivity contribution in [3.63, 3.8) is 0 Å². The lowest BCUT2D eigenvalue weighted by molar-refractivity contribution is 0.327. The fourth-order valence-electron chi connectivity index (χ4n) is 2.20. The van der Waals surface area contributed by atoms with Crippen LogP contribution < -0.4 is 5.73 Å². The molecule has 0 bridgehead atoms. The van der Waals surface area contributed by atoms with Crippen molar-refractivity contribution in [1.82, 2.24) is 20.2 Å². The van der Waals surface area contributed by atoms with Gasteiger partial charge < -0.3 is 5.73 Å². The van der Waals surface area contributed by atoms with Gasteiger partial charge in [0, 0.05) is 18.3 Å². The van der Waals surface area contributed by atoms with Crippen LogP contribution >= 0.6 is 11.8 Å². The second kappa shape index (κ2) is 5.14. The van der Waals surface area contributed by atoms with E-state index in [0.717, 1.165) is 17.5 Å². The van der Waals surface area contributed by atoms with Crippen molar-refractivity contribution in [3.8, 4) is 0 Å². The Balaban J connectivity index is 1.99. The number of thioether (sulfide) groups is 1. The summed E-state index contributed by atoms with van der Waals surface area (Å²) in [6.07, 6.45) is 4.84. The molecule has 1 aromatic rings. The summed E-state index contributed by atoms with van der Waals surface area (Å²) in [5, 5.41) is 12.8. The summed E-state index contributed by atoms with van der Waals surface area (Å²) in [7, 11) is 1.87. The van der Waals surface area contributed by atoms with Crippen molar-refractivity contribution in [2.45, 2.75) is 49.1 Å². The molecule has 1 aliphatic carbocycles. The minimum absolute atomic E-state index is 0.282. The van der Waals surface area contributed by atoms with E-state index in [1.807, 2.05) is 7.05 Å². The molecule has 2 rings (SSSR count). The van der Waals surface area contributed by atoms with Crippen molar-refractivity contribution in [3.05, 3.63) is 0 Å². The van der Waals surface area contributed by atoms with Crippen molar-refractivity contribution in [2.24, 2.45) is 18.7 Å². The maximum Gasteiger partial charge on any atom is 0.209 e. The number of nitrogens with zero attached hydrogens (tertiary/aromatic N) is 4. The maximum atomic E-state index is 6.16. The van der Waals surface area contributed by atoms with Crippen molar-refractivity contribution < 1.29 is 0 Å². The van der Waals surface area contributed by atoms with E-state index in [-0.39, 0.29) is 6.04 Å². The Morgan fingerprint density at radius 1 is 1.50 bits per heavy atom. The third kappa shape index (κ3) is 2.55. The SMILES string of the molecule is CCC1CCC(N)C(Sc2nnnn2C)C1. The van der Waals surface area contributed by atoms with Gasteiger partial charge in [-0.3, -0.25) is 0 Å². The Morgan fingerprint density at radius 2 is 2.31 bits per heavy atom. The van der Waals surface area contributed by atoms with Gasteiger partial charge in [-0.2, -0.15) is 0 Å². The Kier molecular flexibility index (Phi) is 3.81. The molecule has 0 aliphatic heterocycles. The van der Waals surface area contributed by atoms with Gasteiger partial charge in [0.05, 0.1) is 0 Å². The zero-order valence-corrected chi connectivity index (χ0v) is 10.7. The molecular weight excluding hydrogens is 222 g/mol. The molecule has 6 heteroatoms. The molecule has 0 amide bonds.